The van der Waals surface area contributed by atoms with Crippen LogP contribution in [-0.2, 0) is 19.4 Å². The maximum atomic E-state index is 12.6. The fraction of sp³-hybridized carbons (Fsp3) is 0.533. The second-order valence-electron chi connectivity index (χ2n) is 4.78. The Balaban J connectivity index is 2.51. The third kappa shape index (κ3) is 2.91. The van der Waals surface area contributed by atoms with Gasteiger partial charge in [0.05, 0.1) is 11.5 Å². The van der Waals surface area contributed by atoms with Gasteiger partial charge in [-0.3, -0.25) is 9.36 Å². The van der Waals surface area contributed by atoms with Crippen molar-refractivity contribution in [1.82, 2.24) is 9.55 Å². The number of nitriles is 1. The summed E-state index contributed by atoms with van der Waals surface area (Å²) in [5, 5.41) is 9.37. The normalized spacial score (nSPS) is 10.8. The molecule has 0 aliphatic heterocycles. The van der Waals surface area contributed by atoms with E-state index in [1.54, 1.807) is 15.9 Å². The molecule has 0 unspecified atom stereocenters. The van der Waals surface area contributed by atoms with E-state index in [0.29, 0.717) is 19.4 Å². The maximum Gasteiger partial charge on any atom is 0.262 e. The first-order valence-corrected chi connectivity index (χ1v) is 7.92. The lowest BCUT2D eigenvalue weighted by atomic mass is 10.2. The number of hydrogen-bond donors (Lipinski definition) is 0. The second-order valence-corrected chi connectivity index (χ2v) is 5.90. The van der Waals surface area contributed by atoms with Crippen molar-refractivity contribution >= 4 is 21.6 Å². The van der Waals surface area contributed by atoms with Gasteiger partial charge in [0, 0.05) is 24.3 Å². The molecule has 5 heteroatoms. The standard InChI is InChI=1S/C15H19N3OS/c1-3-7-13-17-14-12(10-11(4-2)20-14)15(19)18(13)9-6-5-8-16/h10H,3-7,9H2,1-2H3. The largest absolute Gasteiger partial charge is 0.296 e. The third-order valence-corrected chi connectivity index (χ3v) is 4.45. The Hall–Kier alpha value is -1.67. The predicted molar refractivity (Wildman–Crippen MR) is 82.1 cm³/mol. The quantitative estimate of drug-likeness (QED) is 0.767. The zero-order valence-corrected chi connectivity index (χ0v) is 12.8. The van der Waals surface area contributed by atoms with Gasteiger partial charge in [0.15, 0.2) is 0 Å². The Labute approximate surface area is 122 Å². The third-order valence-electron chi connectivity index (χ3n) is 3.27. The number of fused-ring (bicyclic) bond motifs is 1. The summed E-state index contributed by atoms with van der Waals surface area (Å²) in [4.78, 5) is 19.3. The van der Waals surface area contributed by atoms with Gasteiger partial charge in [-0.1, -0.05) is 13.8 Å². The minimum Gasteiger partial charge on any atom is -0.296 e. The Morgan fingerprint density at radius 2 is 2.25 bits per heavy atom. The molecule has 2 rings (SSSR count). The van der Waals surface area contributed by atoms with E-state index in [1.807, 2.05) is 6.07 Å². The molecule has 2 aromatic rings. The van der Waals surface area contributed by atoms with Crippen molar-refractivity contribution < 1.29 is 0 Å². The van der Waals surface area contributed by atoms with Crippen LogP contribution in [0.3, 0.4) is 0 Å². The highest BCUT2D eigenvalue weighted by Crippen LogP contribution is 2.22. The fourth-order valence-electron chi connectivity index (χ4n) is 2.24. The number of thiophene rings is 1. The van der Waals surface area contributed by atoms with Gasteiger partial charge in [0.25, 0.3) is 5.56 Å². The summed E-state index contributed by atoms with van der Waals surface area (Å²) in [6.07, 6.45) is 3.86. The van der Waals surface area contributed by atoms with Crippen molar-refractivity contribution in [3.05, 3.63) is 27.1 Å². The molecule has 0 saturated carbocycles. The molecule has 0 fully saturated rings. The van der Waals surface area contributed by atoms with Gasteiger partial charge in [0.1, 0.15) is 10.7 Å². The molecule has 0 bridgehead atoms. The zero-order chi connectivity index (χ0) is 14.5. The minimum atomic E-state index is 0.0485. The summed E-state index contributed by atoms with van der Waals surface area (Å²) in [6, 6.07) is 4.09. The highest BCUT2D eigenvalue weighted by molar-refractivity contribution is 7.18. The average molecular weight is 289 g/mol. The van der Waals surface area contributed by atoms with Gasteiger partial charge in [-0.25, -0.2) is 4.98 Å². The number of aryl methyl sites for hydroxylation is 2. The van der Waals surface area contributed by atoms with E-state index in [9.17, 15) is 4.79 Å². The number of nitrogens with zero attached hydrogens (tertiary/aromatic N) is 3. The monoisotopic (exact) mass is 289 g/mol. The number of aromatic nitrogens is 2. The highest BCUT2D eigenvalue weighted by atomic mass is 32.1. The Morgan fingerprint density at radius 3 is 2.90 bits per heavy atom. The SMILES string of the molecule is CCCc1nc2sc(CC)cc2c(=O)n1CCCC#N. The van der Waals surface area contributed by atoms with E-state index in [0.717, 1.165) is 35.3 Å². The van der Waals surface area contributed by atoms with E-state index in [-0.39, 0.29) is 5.56 Å². The van der Waals surface area contributed by atoms with Crippen molar-refractivity contribution in [2.45, 2.75) is 52.5 Å². The van der Waals surface area contributed by atoms with Crippen LogP contribution >= 0.6 is 11.3 Å². The van der Waals surface area contributed by atoms with Crippen molar-refractivity contribution in [2.75, 3.05) is 0 Å². The molecule has 0 saturated heterocycles. The molecule has 0 spiro atoms. The Bertz CT molecular complexity index is 693. The topological polar surface area (TPSA) is 58.7 Å². The summed E-state index contributed by atoms with van der Waals surface area (Å²) >= 11 is 1.61. The first-order chi connectivity index (χ1) is 9.71. The maximum absolute atomic E-state index is 12.6. The molecule has 0 aliphatic rings. The van der Waals surface area contributed by atoms with Crippen LogP contribution in [0.4, 0.5) is 0 Å². The number of rotatable bonds is 6. The lowest BCUT2D eigenvalue weighted by Gasteiger charge is -2.10. The first-order valence-electron chi connectivity index (χ1n) is 7.10. The van der Waals surface area contributed by atoms with Crippen molar-refractivity contribution in [2.24, 2.45) is 0 Å². The zero-order valence-electron chi connectivity index (χ0n) is 12.0. The minimum absolute atomic E-state index is 0.0485. The van der Waals surface area contributed by atoms with Crippen LogP contribution in [-0.4, -0.2) is 9.55 Å². The van der Waals surface area contributed by atoms with Crippen LogP contribution in [0.15, 0.2) is 10.9 Å². The van der Waals surface area contributed by atoms with Crippen LogP contribution in [0.1, 0.15) is 43.8 Å². The van der Waals surface area contributed by atoms with Crippen molar-refractivity contribution in [1.29, 1.82) is 5.26 Å². The molecule has 0 radical (unpaired) electrons. The van der Waals surface area contributed by atoms with E-state index in [2.05, 4.69) is 24.9 Å². The molecule has 0 aromatic carbocycles. The predicted octanol–water partition coefficient (Wildman–Crippen LogP) is 3.28. The molecule has 0 amide bonds. The molecular formula is C15H19N3OS. The molecule has 0 N–H and O–H groups in total. The van der Waals surface area contributed by atoms with Crippen LogP contribution in [0.2, 0.25) is 0 Å². The molecule has 4 nitrogen and oxygen atoms in total. The van der Waals surface area contributed by atoms with Crippen LogP contribution in [0.5, 0.6) is 0 Å². The molecule has 0 atom stereocenters. The van der Waals surface area contributed by atoms with Gasteiger partial charge in [-0.15, -0.1) is 11.3 Å². The van der Waals surface area contributed by atoms with Gasteiger partial charge < -0.3 is 0 Å². The smallest absolute Gasteiger partial charge is 0.262 e. The Kier molecular flexibility index (Phi) is 4.91. The van der Waals surface area contributed by atoms with Crippen LogP contribution in [0.25, 0.3) is 10.2 Å². The molecule has 106 valence electrons. The molecule has 2 heterocycles. The lowest BCUT2D eigenvalue weighted by molar-refractivity contribution is 0.585. The van der Waals surface area contributed by atoms with E-state index in [1.165, 1.54) is 4.88 Å². The van der Waals surface area contributed by atoms with Gasteiger partial charge in [-0.2, -0.15) is 5.26 Å². The van der Waals surface area contributed by atoms with E-state index < -0.39 is 0 Å². The first kappa shape index (κ1) is 14.7. The lowest BCUT2D eigenvalue weighted by Crippen LogP contribution is -2.25. The summed E-state index contributed by atoms with van der Waals surface area (Å²) < 4.78 is 1.76. The molecule has 2 aromatic heterocycles. The van der Waals surface area contributed by atoms with E-state index >= 15 is 0 Å². The summed E-state index contributed by atoms with van der Waals surface area (Å²) in [5.74, 6) is 0.854. The molecule has 20 heavy (non-hydrogen) atoms. The second kappa shape index (κ2) is 6.67. The molecule has 0 aliphatic carbocycles. The van der Waals surface area contributed by atoms with Gasteiger partial charge >= 0.3 is 0 Å². The van der Waals surface area contributed by atoms with Gasteiger partial charge in [-0.05, 0) is 25.3 Å². The molecular weight excluding hydrogens is 270 g/mol. The summed E-state index contributed by atoms with van der Waals surface area (Å²) in [7, 11) is 0. The summed E-state index contributed by atoms with van der Waals surface area (Å²) in [6.45, 7) is 4.76. The van der Waals surface area contributed by atoms with Crippen LogP contribution in [0, 0.1) is 11.3 Å². The van der Waals surface area contributed by atoms with Crippen molar-refractivity contribution in [3.63, 3.8) is 0 Å². The average Bonchev–Trinajstić information content (AvgIpc) is 2.86. The number of hydrogen-bond acceptors (Lipinski definition) is 4. The number of unbranched alkanes of at least 4 members (excludes halogenated alkanes) is 1. The fourth-order valence-corrected chi connectivity index (χ4v) is 3.22. The van der Waals surface area contributed by atoms with Crippen molar-refractivity contribution in [3.8, 4) is 6.07 Å². The van der Waals surface area contributed by atoms with E-state index in [4.69, 9.17) is 5.26 Å². The van der Waals surface area contributed by atoms with Crippen LogP contribution < -0.4 is 5.56 Å². The highest BCUT2D eigenvalue weighted by Gasteiger charge is 2.13. The Morgan fingerprint density at radius 1 is 1.45 bits per heavy atom. The van der Waals surface area contributed by atoms with Gasteiger partial charge in [0.2, 0.25) is 0 Å². The summed E-state index contributed by atoms with van der Waals surface area (Å²) in [5.41, 5.74) is 0.0485.